The molecule has 6 heteroatoms. The number of rotatable bonds is 5. The zero-order valence-electron chi connectivity index (χ0n) is 11.1. The van der Waals surface area contributed by atoms with Gasteiger partial charge in [0.25, 0.3) is 0 Å². The zero-order chi connectivity index (χ0) is 14.7. The highest BCUT2D eigenvalue weighted by Crippen LogP contribution is 2.15. The Morgan fingerprint density at radius 1 is 1.40 bits per heavy atom. The SMILES string of the molecule is C[C@@H](N)C(=O)N[C@H](Cc1cc2ccccc2[nH]1)C(=O)O. The van der Waals surface area contributed by atoms with E-state index in [2.05, 4.69) is 10.3 Å². The Balaban J connectivity index is 2.15. The normalized spacial score (nSPS) is 13.9. The van der Waals surface area contributed by atoms with Crippen molar-refractivity contribution in [2.75, 3.05) is 0 Å². The molecule has 0 saturated carbocycles. The number of hydrogen-bond donors (Lipinski definition) is 4. The number of amides is 1. The molecule has 0 aliphatic rings. The molecule has 2 rings (SSSR count). The molecule has 2 aromatic rings. The van der Waals surface area contributed by atoms with Gasteiger partial charge in [-0.1, -0.05) is 18.2 Å². The van der Waals surface area contributed by atoms with Crippen LogP contribution in [0.1, 0.15) is 12.6 Å². The van der Waals surface area contributed by atoms with E-state index in [0.29, 0.717) is 0 Å². The maximum absolute atomic E-state index is 11.5. The van der Waals surface area contributed by atoms with Gasteiger partial charge in [0, 0.05) is 17.6 Å². The molecular weight excluding hydrogens is 258 g/mol. The summed E-state index contributed by atoms with van der Waals surface area (Å²) in [7, 11) is 0. The van der Waals surface area contributed by atoms with Crippen molar-refractivity contribution >= 4 is 22.8 Å². The molecule has 0 bridgehead atoms. The van der Waals surface area contributed by atoms with Gasteiger partial charge in [-0.05, 0) is 24.4 Å². The molecule has 1 heterocycles. The van der Waals surface area contributed by atoms with Crippen LogP contribution in [0, 0.1) is 0 Å². The summed E-state index contributed by atoms with van der Waals surface area (Å²) >= 11 is 0. The highest BCUT2D eigenvalue weighted by molar-refractivity contribution is 5.87. The monoisotopic (exact) mass is 275 g/mol. The van der Waals surface area contributed by atoms with Gasteiger partial charge in [-0.3, -0.25) is 4.79 Å². The molecule has 0 unspecified atom stereocenters. The van der Waals surface area contributed by atoms with E-state index < -0.39 is 24.0 Å². The smallest absolute Gasteiger partial charge is 0.326 e. The highest BCUT2D eigenvalue weighted by Gasteiger charge is 2.22. The third kappa shape index (κ3) is 3.16. The number of hydrogen-bond acceptors (Lipinski definition) is 3. The molecule has 1 amide bonds. The minimum Gasteiger partial charge on any atom is -0.480 e. The molecule has 0 radical (unpaired) electrons. The number of aromatic amines is 1. The Kier molecular flexibility index (Phi) is 4.05. The summed E-state index contributed by atoms with van der Waals surface area (Å²) in [5.74, 6) is -1.56. The standard InChI is InChI=1S/C14H17N3O3/c1-8(15)13(18)17-12(14(19)20)7-10-6-9-4-2-3-5-11(9)16-10/h2-6,8,12,16H,7,15H2,1H3,(H,17,18)(H,19,20)/t8-,12-/m1/s1. The van der Waals surface area contributed by atoms with Crippen molar-refractivity contribution in [2.24, 2.45) is 5.73 Å². The number of carboxylic acids is 1. The largest absolute Gasteiger partial charge is 0.480 e. The number of carboxylic acid groups (broad SMARTS) is 1. The summed E-state index contributed by atoms with van der Waals surface area (Å²) in [6, 6.07) is 7.80. The number of nitrogens with one attached hydrogen (secondary N) is 2. The van der Waals surface area contributed by atoms with Crippen LogP contribution >= 0.6 is 0 Å². The van der Waals surface area contributed by atoms with Gasteiger partial charge in [-0.2, -0.15) is 0 Å². The molecule has 106 valence electrons. The number of H-pyrrole nitrogens is 1. The number of aromatic nitrogens is 1. The van der Waals surface area contributed by atoms with Crippen LogP contribution in [-0.2, 0) is 16.0 Å². The third-order valence-corrected chi connectivity index (χ3v) is 3.04. The van der Waals surface area contributed by atoms with E-state index in [1.165, 1.54) is 6.92 Å². The second-order valence-electron chi connectivity index (χ2n) is 4.77. The van der Waals surface area contributed by atoms with E-state index in [1.807, 2.05) is 30.3 Å². The summed E-state index contributed by atoms with van der Waals surface area (Å²) in [6.45, 7) is 1.51. The van der Waals surface area contributed by atoms with Crippen molar-refractivity contribution in [3.05, 3.63) is 36.0 Å². The van der Waals surface area contributed by atoms with E-state index in [0.717, 1.165) is 16.6 Å². The van der Waals surface area contributed by atoms with Crippen molar-refractivity contribution in [1.29, 1.82) is 0 Å². The average molecular weight is 275 g/mol. The maximum Gasteiger partial charge on any atom is 0.326 e. The van der Waals surface area contributed by atoms with Crippen molar-refractivity contribution < 1.29 is 14.7 Å². The molecule has 6 nitrogen and oxygen atoms in total. The minimum absolute atomic E-state index is 0.183. The van der Waals surface area contributed by atoms with Gasteiger partial charge in [-0.25, -0.2) is 4.79 Å². The predicted octanol–water partition coefficient (Wildman–Crippen LogP) is 0.627. The quantitative estimate of drug-likeness (QED) is 0.641. The number of aliphatic carboxylic acids is 1. The fourth-order valence-electron chi connectivity index (χ4n) is 1.97. The van der Waals surface area contributed by atoms with Crippen molar-refractivity contribution in [3.63, 3.8) is 0 Å². The van der Waals surface area contributed by atoms with E-state index >= 15 is 0 Å². The number of fused-ring (bicyclic) bond motifs is 1. The first-order valence-corrected chi connectivity index (χ1v) is 6.33. The molecule has 0 aliphatic carbocycles. The van der Waals surface area contributed by atoms with Crippen molar-refractivity contribution in [2.45, 2.75) is 25.4 Å². The lowest BCUT2D eigenvalue weighted by molar-refractivity contribution is -0.141. The van der Waals surface area contributed by atoms with Crippen LogP contribution in [0.3, 0.4) is 0 Å². The summed E-state index contributed by atoms with van der Waals surface area (Å²) in [4.78, 5) is 25.9. The lowest BCUT2D eigenvalue weighted by Gasteiger charge is -2.15. The fraction of sp³-hybridized carbons (Fsp3) is 0.286. The van der Waals surface area contributed by atoms with Gasteiger partial charge in [0.05, 0.1) is 6.04 Å². The molecule has 0 spiro atoms. The van der Waals surface area contributed by atoms with Crippen LogP contribution in [-0.4, -0.2) is 34.1 Å². The molecule has 0 aliphatic heterocycles. The lowest BCUT2D eigenvalue weighted by Crippen LogP contribution is -2.48. The van der Waals surface area contributed by atoms with E-state index in [1.54, 1.807) is 0 Å². The van der Waals surface area contributed by atoms with Crippen LogP contribution < -0.4 is 11.1 Å². The molecule has 5 N–H and O–H groups in total. The van der Waals surface area contributed by atoms with E-state index in [4.69, 9.17) is 5.73 Å². The number of para-hydroxylation sites is 1. The second kappa shape index (κ2) is 5.75. The van der Waals surface area contributed by atoms with Crippen LogP contribution in [0.15, 0.2) is 30.3 Å². The van der Waals surface area contributed by atoms with Crippen LogP contribution in [0.25, 0.3) is 10.9 Å². The Morgan fingerprint density at radius 3 is 2.70 bits per heavy atom. The first kappa shape index (κ1) is 14.1. The Hall–Kier alpha value is -2.34. The predicted molar refractivity (Wildman–Crippen MR) is 75.2 cm³/mol. The van der Waals surface area contributed by atoms with Crippen molar-refractivity contribution in [1.82, 2.24) is 10.3 Å². The molecule has 0 fully saturated rings. The van der Waals surface area contributed by atoms with Crippen LogP contribution in [0.5, 0.6) is 0 Å². The maximum atomic E-state index is 11.5. The minimum atomic E-state index is -1.09. The number of carbonyl (C=O) groups excluding carboxylic acids is 1. The van der Waals surface area contributed by atoms with Gasteiger partial charge in [-0.15, -0.1) is 0 Å². The Bertz CT molecular complexity index is 600. The molecule has 0 saturated heterocycles. The topological polar surface area (TPSA) is 108 Å². The zero-order valence-corrected chi connectivity index (χ0v) is 11.1. The fourth-order valence-corrected chi connectivity index (χ4v) is 1.97. The molecule has 1 aromatic heterocycles. The first-order chi connectivity index (χ1) is 9.47. The summed E-state index contributed by atoms with van der Waals surface area (Å²) in [6.07, 6.45) is 0.183. The van der Waals surface area contributed by atoms with E-state index in [9.17, 15) is 14.7 Å². The van der Waals surface area contributed by atoms with Crippen molar-refractivity contribution in [3.8, 4) is 0 Å². The van der Waals surface area contributed by atoms with Gasteiger partial charge in [0.15, 0.2) is 0 Å². The second-order valence-corrected chi connectivity index (χ2v) is 4.77. The number of carbonyl (C=O) groups is 2. The Morgan fingerprint density at radius 2 is 2.10 bits per heavy atom. The van der Waals surface area contributed by atoms with Crippen LogP contribution in [0.2, 0.25) is 0 Å². The molecule has 2 atom stereocenters. The van der Waals surface area contributed by atoms with Crippen LogP contribution in [0.4, 0.5) is 0 Å². The summed E-state index contributed by atoms with van der Waals surface area (Å²) in [5, 5.41) is 12.6. The van der Waals surface area contributed by atoms with E-state index in [-0.39, 0.29) is 6.42 Å². The number of nitrogens with two attached hydrogens (primary N) is 1. The third-order valence-electron chi connectivity index (χ3n) is 3.04. The van der Waals surface area contributed by atoms with Gasteiger partial charge >= 0.3 is 5.97 Å². The number of benzene rings is 1. The summed E-state index contributed by atoms with van der Waals surface area (Å²) < 4.78 is 0. The lowest BCUT2D eigenvalue weighted by atomic mass is 10.1. The first-order valence-electron chi connectivity index (χ1n) is 6.33. The van der Waals surface area contributed by atoms with Gasteiger partial charge < -0.3 is 21.1 Å². The average Bonchev–Trinajstić information content (AvgIpc) is 2.79. The molecular formula is C14H17N3O3. The molecule has 20 heavy (non-hydrogen) atoms. The van der Waals surface area contributed by atoms with Gasteiger partial charge in [0.2, 0.25) is 5.91 Å². The van der Waals surface area contributed by atoms with Gasteiger partial charge in [0.1, 0.15) is 6.04 Å². The molecule has 1 aromatic carbocycles. The highest BCUT2D eigenvalue weighted by atomic mass is 16.4. The summed E-state index contributed by atoms with van der Waals surface area (Å²) in [5.41, 5.74) is 7.11. The Labute approximate surface area is 116 Å².